The maximum absolute atomic E-state index is 11.9. The zero-order chi connectivity index (χ0) is 12.4. The third kappa shape index (κ3) is 2.42. The van der Waals surface area contributed by atoms with Crippen molar-refractivity contribution < 1.29 is 9.53 Å². The molecule has 92 valence electrons. The predicted molar refractivity (Wildman–Crippen MR) is 65.6 cm³/mol. The first-order chi connectivity index (χ1) is 8.09. The highest BCUT2D eigenvalue weighted by molar-refractivity contribution is 5.82. The van der Waals surface area contributed by atoms with Crippen LogP contribution < -0.4 is 15.8 Å². The minimum atomic E-state index is -0.470. The maximum Gasteiger partial charge on any atom is 0.237 e. The van der Waals surface area contributed by atoms with Crippen LogP contribution in [-0.2, 0) is 4.79 Å². The summed E-state index contributed by atoms with van der Waals surface area (Å²) in [6, 6.07) is 7.18. The van der Waals surface area contributed by atoms with E-state index in [0.29, 0.717) is 6.61 Å². The van der Waals surface area contributed by atoms with Crippen molar-refractivity contribution in [3.8, 4) is 5.75 Å². The monoisotopic (exact) mass is 234 g/mol. The van der Waals surface area contributed by atoms with Crippen LogP contribution in [0.5, 0.6) is 5.75 Å². The van der Waals surface area contributed by atoms with Gasteiger partial charge in [-0.3, -0.25) is 4.79 Å². The van der Waals surface area contributed by atoms with Gasteiger partial charge in [-0.05, 0) is 12.0 Å². The number of nitrogens with two attached hydrogens (primary N) is 1. The summed E-state index contributed by atoms with van der Waals surface area (Å²) >= 11 is 0. The summed E-state index contributed by atoms with van der Waals surface area (Å²) in [6.07, 6.45) is 0. The summed E-state index contributed by atoms with van der Waals surface area (Å²) in [5, 5.41) is 2.93. The normalized spacial score (nSPS) is 19.6. The van der Waals surface area contributed by atoms with Crippen molar-refractivity contribution in [2.45, 2.75) is 25.9 Å². The van der Waals surface area contributed by atoms with Crippen LogP contribution in [-0.4, -0.2) is 18.6 Å². The Kier molecular flexibility index (Phi) is 3.33. The first-order valence-electron chi connectivity index (χ1n) is 5.87. The number of rotatable bonds is 3. The van der Waals surface area contributed by atoms with E-state index in [-0.39, 0.29) is 17.9 Å². The number of ether oxygens (including phenoxy) is 1. The lowest BCUT2D eigenvalue weighted by Crippen LogP contribution is -2.45. The van der Waals surface area contributed by atoms with Gasteiger partial charge in [0, 0.05) is 5.56 Å². The number of hydrogen-bond acceptors (Lipinski definition) is 3. The van der Waals surface area contributed by atoms with Crippen LogP contribution in [0.4, 0.5) is 0 Å². The number of fused-ring (bicyclic) bond motifs is 1. The van der Waals surface area contributed by atoms with Crippen molar-refractivity contribution in [1.82, 2.24) is 5.32 Å². The second-order valence-corrected chi connectivity index (χ2v) is 4.68. The number of benzene rings is 1. The molecule has 0 aliphatic carbocycles. The Bertz CT molecular complexity index is 418. The van der Waals surface area contributed by atoms with Gasteiger partial charge in [-0.1, -0.05) is 32.0 Å². The molecule has 3 N–H and O–H groups in total. The highest BCUT2D eigenvalue weighted by Gasteiger charge is 2.27. The molecule has 4 heteroatoms. The average Bonchev–Trinajstić information content (AvgIpc) is 2.71. The number of carbonyl (C=O) groups excluding carboxylic acids is 1. The second-order valence-electron chi connectivity index (χ2n) is 4.68. The molecule has 17 heavy (non-hydrogen) atoms. The molecule has 1 aromatic rings. The van der Waals surface area contributed by atoms with E-state index in [2.05, 4.69) is 5.32 Å². The molecular weight excluding hydrogens is 216 g/mol. The molecule has 0 aromatic heterocycles. The van der Waals surface area contributed by atoms with E-state index in [4.69, 9.17) is 10.5 Å². The molecule has 1 unspecified atom stereocenters. The lowest BCUT2D eigenvalue weighted by molar-refractivity contribution is -0.124. The zero-order valence-electron chi connectivity index (χ0n) is 10.1. The van der Waals surface area contributed by atoms with Crippen LogP contribution >= 0.6 is 0 Å². The molecule has 2 atom stereocenters. The third-order valence-electron chi connectivity index (χ3n) is 3.04. The van der Waals surface area contributed by atoms with E-state index >= 15 is 0 Å². The SMILES string of the molecule is CC(C)[C@@H](N)C(=O)NC1COc2ccccc21. The van der Waals surface area contributed by atoms with Gasteiger partial charge in [0.25, 0.3) is 0 Å². The van der Waals surface area contributed by atoms with Gasteiger partial charge in [-0.15, -0.1) is 0 Å². The molecule has 0 saturated carbocycles. The van der Waals surface area contributed by atoms with Crippen molar-refractivity contribution in [3.05, 3.63) is 29.8 Å². The Morgan fingerprint density at radius 3 is 2.88 bits per heavy atom. The molecular formula is C13H18N2O2. The number of amides is 1. The predicted octanol–water partition coefficient (Wildman–Crippen LogP) is 1.22. The van der Waals surface area contributed by atoms with Gasteiger partial charge in [-0.25, -0.2) is 0 Å². The van der Waals surface area contributed by atoms with Gasteiger partial charge in [-0.2, -0.15) is 0 Å². The quantitative estimate of drug-likeness (QED) is 0.826. The first-order valence-corrected chi connectivity index (χ1v) is 5.87. The Balaban J connectivity index is 2.05. The minimum absolute atomic E-state index is 0.0801. The Hall–Kier alpha value is -1.55. The van der Waals surface area contributed by atoms with Gasteiger partial charge in [0.2, 0.25) is 5.91 Å². The molecule has 0 fully saturated rings. The molecule has 2 rings (SSSR count). The number of carbonyl (C=O) groups is 1. The van der Waals surface area contributed by atoms with Crippen LogP contribution in [0.1, 0.15) is 25.5 Å². The summed E-state index contributed by atoms with van der Waals surface area (Å²) < 4.78 is 5.50. The lowest BCUT2D eigenvalue weighted by Gasteiger charge is -2.18. The average molecular weight is 234 g/mol. The van der Waals surface area contributed by atoms with E-state index in [1.54, 1.807) is 0 Å². The van der Waals surface area contributed by atoms with E-state index in [1.807, 2.05) is 38.1 Å². The smallest absolute Gasteiger partial charge is 0.237 e. The molecule has 0 bridgehead atoms. The Morgan fingerprint density at radius 2 is 2.18 bits per heavy atom. The first kappa shape index (κ1) is 11.9. The van der Waals surface area contributed by atoms with Gasteiger partial charge in [0.05, 0.1) is 12.1 Å². The van der Waals surface area contributed by atoms with Crippen molar-refractivity contribution in [1.29, 1.82) is 0 Å². The highest BCUT2D eigenvalue weighted by Crippen LogP contribution is 2.31. The minimum Gasteiger partial charge on any atom is -0.491 e. The molecule has 1 aliphatic rings. The van der Waals surface area contributed by atoms with Gasteiger partial charge in [0.1, 0.15) is 12.4 Å². The van der Waals surface area contributed by atoms with E-state index in [1.165, 1.54) is 0 Å². The molecule has 0 saturated heterocycles. The van der Waals surface area contributed by atoms with Crippen LogP contribution in [0, 0.1) is 5.92 Å². The third-order valence-corrected chi connectivity index (χ3v) is 3.04. The van der Waals surface area contributed by atoms with Gasteiger partial charge in [0.15, 0.2) is 0 Å². The molecule has 1 aliphatic heterocycles. The van der Waals surface area contributed by atoms with Gasteiger partial charge < -0.3 is 15.8 Å². The van der Waals surface area contributed by atoms with E-state index in [9.17, 15) is 4.79 Å². The fraction of sp³-hybridized carbons (Fsp3) is 0.462. The van der Waals surface area contributed by atoms with Crippen LogP contribution in [0.15, 0.2) is 24.3 Å². The van der Waals surface area contributed by atoms with Crippen LogP contribution in [0.25, 0.3) is 0 Å². The van der Waals surface area contributed by atoms with Crippen molar-refractivity contribution in [2.24, 2.45) is 11.7 Å². The second kappa shape index (κ2) is 4.75. The molecule has 1 aromatic carbocycles. The Morgan fingerprint density at radius 1 is 1.47 bits per heavy atom. The molecule has 0 radical (unpaired) electrons. The van der Waals surface area contributed by atoms with Crippen LogP contribution in [0.3, 0.4) is 0 Å². The Labute approximate surface area is 101 Å². The molecule has 0 spiro atoms. The number of hydrogen-bond donors (Lipinski definition) is 2. The number of nitrogens with one attached hydrogen (secondary N) is 1. The molecule has 1 amide bonds. The van der Waals surface area contributed by atoms with E-state index in [0.717, 1.165) is 11.3 Å². The molecule has 1 heterocycles. The van der Waals surface area contributed by atoms with Crippen molar-refractivity contribution >= 4 is 5.91 Å². The van der Waals surface area contributed by atoms with Gasteiger partial charge >= 0.3 is 0 Å². The largest absolute Gasteiger partial charge is 0.491 e. The standard InChI is InChI=1S/C13H18N2O2/c1-8(2)12(14)13(16)15-10-7-17-11-6-4-3-5-9(10)11/h3-6,8,10,12H,7,14H2,1-2H3,(H,15,16)/t10?,12-/m1/s1. The summed E-state index contributed by atoms with van der Waals surface area (Å²) in [6.45, 7) is 4.35. The zero-order valence-corrected chi connectivity index (χ0v) is 10.1. The fourth-order valence-electron chi connectivity index (χ4n) is 1.85. The lowest BCUT2D eigenvalue weighted by atomic mass is 10.0. The maximum atomic E-state index is 11.9. The number of para-hydroxylation sites is 1. The fourth-order valence-corrected chi connectivity index (χ4v) is 1.85. The summed E-state index contributed by atoms with van der Waals surface area (Å²) in [4.78, 5) is 11.9. The summed E-state index contributed by atoms with van der Waals surface area (Å²) in [5.74, 6) is 0.855. The topological polar surface area (TPSA) is 64.4 Å². The molecule has 4 nitrogen and oxygen atoms in total. The summed E-state index contributed by atoms with van der Waals surface area (Å²) in [5.41, 5.74) is 6.83. The van der Waals surface area contributed by atoms with Crippen molar-refractivity contribution in [2.75, 3.05) is 6.61 Å². The van der Waals surface area contributed by atoms with E-state index < -0.39 is 6.04 Å². The highest BCUT2D eigenvalue weighted by atomic mass is 16.5. The summed E-state index contributed by atoms with van der Waals surface area (Å²) in [7, 11) is 0. The van der Waals surface area contributed by atoms with Crippen molar-refractivity contribution in [3.63, 3.8) is 0 Å². The van der Waals surface area contributed by atoms with Crippen LogP contribution in [0.2, 0.25) is 0 Å².